The number of quaternary nitrogens is 1. The average Bonchev–Trinajstić information content (AvgIpc) is 3.43. The van der Waals surface area contributed by atoms with E-state index in [2.05, 4.69) is 15.7 Å². The number of rotatable bonds is 10. The Bertz CT molecular complexity index is 1510. The number of esters is 2. The molecule has 296 valence electrons. The summed E-state index contributed by atoms with van der Waals surface area (Å²) in [6.07, 6.45) is -4.15. The van der Waals surface area contributed by atoms with Gasteiger partial charge in [-0.15, -0.1) is 0 Å². The number of anilines is 2. The van der Waals surface area contributed by atoms with E-state index in [-0.39, 0.29) is 48.3 Å². The van der Waals surface area contributed by atoms with Crippen LogP contribution in [0.3, 0.4) is 0 Å². The van der Waals surface area contributed by atoms with E-state index in [0.29, 0.717) is 0 Å². The highest BCUT2D eigenvalue weighted by atomic mass is 35.5. The van der Waals surface area contributed by atoms with Gasteiger partial charge in [0.15, 0.2) is 35.9 Å². The van der Waals surface area contributed by atoms with Crippen LogP contribution in [0, 0.1) is 11.8 Å². The summed E-state index contributed by atoms with van der Waals surface area (Å²) in [7, 11) is 0. The average molecular weight is 786 g/mol. The van der Waals surface area contributed by atoms with Gasteiger partial charge in [-0.25, -0.2) is 9.59 Å². The fourth-order valence-corrected chi connectivity index (χ4v) is 5.35. The minimum absolute atomic E-state index is 0. The maximum absolute atomic E-state index is 12.2. The SMILES string of the molecule is CC(C)[C@H](N)C(=O)O[C@@H]1[C@@H](CO)O[C@@H](n2ccc(N)nc2=O)[C@]1(C)O.CC(C)[C@H]([NH3+])C(=O)O[C@@H]1[C@@H](CO)O[C@@H]([n+]2ccc(N)[nH]c2=O)[C@]1(C)O.[Cl-].[Cl-]. The Morgan fingerprint density at radius 2 is 1.52 bits per heavy atom. The normalized spacial score (nSPS) is 29.3. The number of hydrogen-bond donors (Lipinski definition) is 9. The first-order chi connectivity index (χ1) is 23.2. The second-order valence-electron chi connectivity index (χ2n) is 13.4. The molecule has 0 unspecified atom stereocenters. The smallest absolute Gasteiger partial charge is 0.499 e. The molecule has 10 atom stereocenters. The summed E-state index contributed by atoms with van der Waals surface area (Å²) in [5.74, 6) is -1.41. The first kappa shape index (κ1) is 46.6. The molecule has 0 aliphatic carbocycles. The molecule has 2 aromatic rings. The summed E-state index contributed by atoms with van der Waals surface area (Å²) in [5, 5.41) is 40.8. The molecule has 2 aromatic heterocycles. The third-order valence-corrected chi connectivity index (χ3v) is 8.64. The van der Waals surface area contributed by atoms with Gasteiger partial charge in [-0.2, -0.15) is 19.3 Å². The minimum Gasteiger partial charge on any atom is -1.00 e. The topological polar surface area (TPSA) is 329 Å². The number of aliphatic hydroxyl groups excluding tert-OH is 2. The lowest BCUT2D eigenvalue weighted by Crippen LogP contribution is -3.00. The van der Waals surface area contributed by atoms with E-state index in [9.17, 15) is 39.6 Å². The molecule has 4 heterocycles. The predicted molar refractivity (Wildman–Crippen MR) is 172 cm³/mol. The molecule has 2 aliphatic rings. The number of H-pyrrole nitrogens is 1. The number of aromatic amines is 1. The first-order valence-electron chi connectivity index (χ1n) is 15.9. The van der Waals surface area contributed by atoms with Gasteiger partial charge in [0, 0.05) is 18.2 Å². The summed E-state index contributed by atoms with van der Waals surface area (Å²) in [6.45, 7) is 8.83. The zero-order valence-corrected chi connectivity index (χ0v) is 31.1. The van der Waals surface area contributed by atoms with Crippen molar-refractivity contribution in [3.8, 4) is 0 Å². The number of hydrogen-bond acceptors (Lipinski definition) is 16. The quantitative estimate of drug-likeness (QED) is 0.0798. The predicted octanol–water partition coefficient (Wildman–Crippen LogP) is -10.6. The van der Waals surface area contributed by atoms with Crippen molar-refractivity contribution in [1.82, 2.24) is 14.5 Å². The number of ether oxygens (including phenoxy) is 4. The molecule has 4 rings (SSSR count). The van der Waals surface area contributed by atoms with Crippen LogP contribution in [-0.2, 0) is 28.5 Å². The molecule has 0 saturated carbocycles. The van der Waals surface area contributed by atoms with Gasteiger partial charge < -0.3 is 87.1 Å². The lowest BCUT2D eigenvalue weighted by atomic mass is 9.95. The number of nitrogens with one attached hydrogen (secondary N) is 1. The molecule has 2 aliphatic heterocycles. The van der Waals surface area contributed by atoms with E-state index in [1.54, 1.807) is 13.8 Å². The fourth-order valence-electron chi connectivity index (χ4n) is 5.35. The lowest BCUT2D eigenvalue weighted by molar-refractivity contribution is -0.786. The first-order valence-corrected chi connectivity index (χ1v) is 15.9. The van der Waals surface area contributed by atoms with E-state index in [1.165, 1.54) is 38.4 Å². The van der Waals surface area contributed by atoms with Crippen molar-refractivity contribution in [2.75, 3.05) is 24.7 Å². The molecule has 0 radical (unpaired) electrons. The van der Waals surface area contributed by atoms with E-state index in [1.807, 2.05) is 13.8 Å². The lowest BCUT2D eigenvalue weighted by Gasteiger charge is -2.30. The fraction of sp³-hybridized carbons (Fsp3) is 0.667. The maximum Gasteiger partial charge on any atom is 0.499 e. The molecular weight excluding hydrogens is 735 g/mol. The number of carbonyl (C=O) groups excluding carboxylic acids is 2. The van der Waals surface area contributed by atoms with Crippen LogP contribution in [0.4, 0.5) is 11.6 Å². The molecular formula is C30H50Cl2N8O12. The molecule has 14 N–H and O–H groups in total. The Morgan fingerprint density at radius 3 is 2.02 bits per heavy atom. The van der Waals surface area contributed by atoms with Gasteiger partial charge in [-0.05, 0) is 25.8 Å². The molecule has 22 heteroatoms. The Balaban J connectivity index is 0.000000501. The summed E-state index contributed by atoms with van der Waals surface area (Å²) in [4.78, 5) is 54.5. The molecule has 0 bridgehead atoms. The number of nitrogens with two attached hydrogens (primary N) is 3. The second-order valence-corrected chi connectivity index (χ2v) is 13.4. The molecule has 0 amide bonds. The zero-order chi connectivity index (χ0) is 37.9. The van der Waals surface area contributed by atoms with Crippen molar-refractivity contribution in [2.45, 2.75) is 102 Å². The van der Waals surface area contributed by atoms with E-state index in [0.717, 1.165) is 9.13 Å². The van der Waals surface area contributed by atoms with E-state index < -0.39 is 96.7 Å². The summed E-state index contributed by atoms with van der Waals surface area (Å²) < 4.78 is 23.9. The molecule has 52 heavy (non-hydrogen) atoms. The van der Waals surface area contributed by atoms with Crippen molar-refractivity contribution in [1.29, 1.82) is 0 Å². The van der Waals surface area contributed by atoms with Crippen LogP contribution in [0.5, 0.6) is 0 Å². The van der Waals surface area contributed by atoms with Gasteiger partial charge in [0.25, 0.3) is 0 Å². The number of aliphatic hydroxyl groups is 4. The highest BCUT2D eigenvalue weighted by Gasteiger charge is 2.59. The molecule has 0 aromatic carbocycles. The molecule has 20 nitrogen and oxygen atoms in total. The van der Waals surface area contributed by atoms with Gasteiger partial charge in [0.1, 0.15) is 35.9 Å². The van der Waals surface area contributed by atoms with Crippen LogP contribution in [0.25, 0.3) is 0 Å². The molecule has 0 spiro atoms. The zero-order valence-electron chi connectivity index (χ0n) is 29.6. The van der Waals surface area contributed by atoms with Crippen molar-refractivity contribution in [2.24, 2.45) is 17.6 Å². The van der Waals surface area contributed by atoms with Crippen LogP contribution in [-0.4, -0.2) is 108 Å². The van der Waals surface area contributed by atoms with Gasteiger partial charge in [0.05, 0.1) is 13.2 Å². The standard InChI is InChI=1S/2C15H24N4O6.2ClH/c2*1-7(2)10(17)12(21)25-11-8(6-20)24-13(15(11,3)23)19-5-4-9(16)18-14(19)22;;/h2*4-5,7-8,10-11,13,20,23H,6,17H2,1-3H3,(H2,16,18,22);2*1H/t2*8-,10+,11-,13-,15-;;/m11../s1. The number of nitrogens with zero attached hydrogens (tertiary/aromatic N) is 3. The summed E-state index contributed by atoms with van der Waals surface area (Å²) in [5.41, 5.74) is 15.6. The third-order valence-electron chi connectivity index (χ3n) is 8.64. The third kappa shape index (κ3) is 9.95. The number of aromatic nitrogens is 4. The summed E-state index contributed by atoms with van der Waals surface area (Å²) >= 11 is 0. The van der Waals surface area contributed by atoms with Gasteiger partial charge in [-0.3, -0.25) is 9.36 Å². The Kier molecular flexibility index (Phi) is 16.6. The van der Waals surface area contributed by atoms with E-state index >= 15 is 0 Å². The summed E-state index contributed by atoms with van der Waals surface area (Å²) in [6, 6.07) is 1.26. The van der Waals surface area contributed by atoms with Crippen LogP contribution in [0.1, 0.15) is 54.0 Å². The van der Waals surface area contributed by atoms with Crippen molar-refractivity contribution in [3.05, 3.63) is 45.5 Å². The van der Waals surface area contributed by atoms with Gasteiger partial charge in [0.2, 0.25) is 6.23 Å². The van der Waals surface area contributed by atoms with Crippen molar-refractivity contribution < 1.29 is 84.1 Å². The van der Waals surface area contributed by atoms with Gasteiger partial charge in [-0.1, -0.05) is 27.7 Å². The highest BCUT2D eigenvalue weighted by Crippen LogP contribution is 2.40. The highest BCUT2D eigenvalue weighted by molar-refractivity contribution is 5.76. The van der Waals surface area contributed by atoms with Crippen LogP contribution in [0.2, 0.25) is 0 Å². The van der Waals surface area contributed by atoms with E-state index in [4.69, 9.17) is 36.1 Å². The van der Waals surface area contributed by atoms with Crippen LogP contribution >= 0.6 is 0 Å². The van der Waals surface area contributed by atoms with Crippen molar-refractivity contribution >= 4 is 23.6 Å². The van der Waals surface area contributed by atoms with Crippen LogP contribution < -0.4 is 63.7 Å². The maximum atomic E-state index is 12.2. The Morgan fingerprint density at radius 1 is 0.981 bits per heavy atom. The number of carbonyl (C=O) groups is 2. The molecule has 2 fully saturated rings. The largest absolute Gasteiger partial charge is 1.00 e. The number of halogens is 2. The minimum atomic E-state index is -1.80. The Hall–Kier alpha value is -3.44. The monoisotopic (exact) mass is 784 g/mol. The molecule has 2 saturated heterocycles. The van der Waals surface area contributed by atoms with Gasteiger partial charge >= 0.3 is 23.3 Å². The Labute approximate surface area is 311 Å². The van der Waals surface area contributed by atoms with Crippen LogP contribution in [0.15, 0.2) is 34.1 Å². The van der Waals surface area contributed by atoms with Crippen molar-refractivity contribution in [3.63, 3.8) is 0 Å². The second kappa shape index (κ2) is 18.5. The number of nitrogen functional groups attached to an aromatic ring is 2.